The van der Waals surface area contributed by atoms with Crippen molar-refractivity contribution in [1.29, 1.82) is 0 Å². The Morgan fingerprint density at radius 2 is 2.14 bits per heavy atom. The van der Waals surface area contributed by atoms with Crippen LogP contribution in [-0.2, 0) is 10.3 Å². The van der Waals surface area contributed by atoms with Gasteiger partial charge in [-0.05, 0) is 62.8 Å². The van der Waals surface area contributed by atoms with E-state index in [9.17, 15) is 0 Å². The van der Waals surface area contributed by atoms with Gasteiger partial charge in [0.05, 0.1) is 5.56 Å². The summed E-state index contributed by atoms with van der Waals surface area (Å²) in [6.45, 7) is 0.348. The highest BCUT2D eigenvalue weighted by molar-refractivity contribution is 14.1. The average molecular weight is 458 g/mol. The monoisotopic (exact) mass is 457 g/mol. The molecule has 4 rings (SSSR count). The Bertz CT molecular complexity index is 742. The lowest BCUT2D eigenvalue weighted by Crippen LogP contribution is -2.31. The molecule has 1 spiro atoms. The number of rotatable bonds is 0. The zero-order chi connectivity index (χ0) is 14.6. The van der Waals surface area contributed by atoms with Crippen molar-refractivity contribution in [1.82, 2.24) is 4.98 Å². The summed E-state index contributed by atoms with van der Waals surface area (Å²) in [5.41, 5.74) is 6.89. The van der Waals surface area contributed by atoms with Gasteiger partial charge in [0.1, 0.15) is 12.4 Å². The van der Waals surface area contributed by atoms with Gasteiger partial charge in [0.25, 0.3) is 6.02 Å². The van der Waals surface area contributed by atoms with E-state index in [0.717, 1.165) is 24.9 Å². The minimum atomic E-state index is -0.690. The molecule has 3 heterocycles. The minimum absolute atomic E-state index is 0.188. The molecule has 2 aromatic rings. The van der Waals surface area contributed by atoms with Crippen LogP contribution in [0.2, 0.25) is 0 Å². The van der Waals surface area contributed by atoms with Crippen LogP contribution in [0.5, 0.6) is 11.6 Å². The fourth-order valence-electron chi connectivity index (χ4n) is 2.67. The van der Waals surface area contributed by atoms with Crippen LogP contribution in [0, 0.1) is 3.57 Å². The van der Waals surface area contributed by atoms with Crippen LogP contribution in [-0.4, -0.2) is 17.6 Å². The van der Waals surface area contributed by atoms with Crippen LogP contribution in [0.1, 0.15) is 11.1 Å². The van der Waals surface area contributed by atoms with E-state index in [1.54, 1.807) is 6.20 Å². The van der Waals surface area contributed by atoms with E-state index in [-0.39, 0.29) is 6.02 Å². The fourth-order valence-corrected chi connectivity index (χ4v) is 3.50. The number of hydrogen-bond acceptors (Lipinski definition) is 5. The summed E-state index contributed by atoms with van der Waals surface area (Å²) in [5.74, 6) is 1.27. The predicted octanol–water partition coefficient (Wildman–Crippen LogP) is 3.14. The molecule has 0 saturated heterocycles. The average Bonchev–Trinajstić information content (AvgIpc) is 2.84. The summed E-state index contributed by atoms with van der Waals surface area (Å²) in [4.78, 5) is 8.92. The molecule has 0 radical (unpaired) electrons. The Balaban J connectivity index is 2.05. The molecule has 0 amide bonds. The number of pyridine rings is 1. The first-order chi connectivity index (χ1) is 10.1. The van der Waals surface area contributed by atoms with Crippen LogP contribution in [0.4, 0.5) is 0 Å². The molecule has 106 valence electrons. The first kappa shape index (κ1) is 13.3. The summed E-state index contributed by atoms with van der Waals surface area (Å²) in [6.07, 6.45) is 1.70. The number of benzene rings is 1. The molecule has 21 heavy (non-hydrogen) atoms. The Hall–Kier alpha value is -1.35. The normalized spacial score (nSPS) is 22.1. The Labute approximate surface area is 142 Å². The van der Waals surface area contributed by atoms with Crippen molar-refractivity contribution in [2.45, 2.75) is 5.54 Å². The van der Waals surface area contributed by atoms with Gasteiger partial charge in [0.2, 0.25) is 5.88 Å². The van der Waals surface area contributed by atoms with Gasteiger partial charge < -0.3 is 15.2 Å². The standard InChI is InChI=1S/C14H9BrIN3O2/c15-7-3-10-12(18-5-7)21-11-2-1-8(16)4-9(11)14(10)6-20-13(17)19-14/h1-5H,6H2,(H2,17,19). The van der Waals surface area contributed by atoms with Gasteiger partial charge in [-0.25, -0.2) is 9.98 Å². The highest BCUT2D eigenvalue weighted by atomic mass is 127. The third kappa shape index (κ3) is 1.94. The molecule has 2 N–H and O–H groups in total. The van der Waals surface area contributed by atoms with E-state index < -0.39 is 5.54 Å². The van der Waals surface area contributed by atoms with E-state index in [0.29, 0.717) is 12.5 Å². The largest absolute Gasteiger partial charge is 0.462 e. The third-order valence-corrected chi connectivity index (χ3v) is 4.69. The Morgan fingerprint density at radius 3 is 2.90 bits per heavy atom. The molecule has 0 fully saturated rings. The summed E-state index contributed by atoms with van der Waals surface area (Å²) < 4.78 is 13.3. The molecular weight excluding hydrogens is 449 g/mol. The van der Waals surface area contributed by atoms with Gasteiger partial charge >= 0.3 is 0 Å². The van der Waals surface area contributed by atoms with Gasteiger partial charge in [-0.2, -0.15) is 0 Å². The zero-order valence-electron chi connectivity index (χ0n) is 10.6. The minimum Gasteiger partial charge on any atom is -0.462 e. The number of ether oxygens (including phenoxy) is 2. The van der Waals surface area contributed by atoms with Crippen molar-refractivity contribution in [3.05, 3.63) is 49.6 Å². The third-order valence-electron chi connectivity index (χ3n) is 3.59. The molecule has 7 heteroatoms. The molecule has 1 unspecified atom stereocenters. The van der Waals surface area contributed by atoms with Crippen molar-refractivity contribution < 1.29 is 9.47 Å². The quantitative estimate of drug-likeness (QED) is 0.617. The Kier molecular flexibility index (Phi) is 2.90. The predicted molar refractivity (Wildman–Crippen MR) is 89.5 cm³/mol. The van der Waals surface area contributed by atoms with Gasteiger partial charge in [0, 0.05) is 19.8 Å². The van der Waals surface area contributed by atoms with E-state index in [2.05, 4.69) is 48.5 Å². The lowest BCUT2D eigenvalue weighted by Gasteiger charge is -2.32. The SMILES string of the molecule is NC1=NC2(CO1)c1cc(I)ccc1Oc1ncc(Br)cc12. The second kappa shape index (κ2) is 4.57. The number of aromatic nitrogens is 1. The van der Waals surface area contributed by atoms with Crippen molar-refractivity contribution in [3.8, 4) is 11.6 Å². The first-order valence-electron chi connectivity index (χ1n) is 6.20. The van der Waals surface area contributed by atoms with Gasteiger partial charge in [0.15, 0.2) is 5.54 Å². The second-order valence-electron chi connectivity index (χ2n) is 4.85. The van der Waals surface area contributed by atoms with E-state index in [4.69, 9.17) is 15.2 Å². The van der Waals surface area contributed by atoms with E-state index in [1.165, 1.54) is 0 Å². The highest BCUT2D eigenvalue weighted by Crippen LogP contribution is 2.50. The highest BCUT2D eigenvalue weighted by Gasteiger charge is 2.47. The summed E-state index contributed by atoms with van der Waals surface area (Å²) >= 11 is 5.72. The maximum absolute atomic E-state index is 5.91. The topological polar surface area (TPSA) is 69.7 Å². The molecular formula is C14H9BrIN3O2. The molecule has 0 bridgehead atoms. The fraction of sp³-hybridized carbons (Fsp3) is 0.143. The van der Waals surface area contributed by atoms with E-state index in [1.807, 2.05) is 24.3 Å². The van der Waals surface area contributed by atoms with Crippen molar-refractivity contribution in [2.24, 2.45) is 10.7 Å². The Morgan fingerprint density at radius 1 is 1.29 bits per heavy atom. The molecule has 1 aromatic heterocycles. The number of aliphatic imine (C=N–C) groups is 1. The van der Waals surface area contributed by atoms with Crippen molar-refractivity contribution in [3.63, 3.8) is 0 Å². The summed E-state index contributed by atoms with van der Waals surface area (Å²) in [7, 11) is 0. The molecule has 5 nitrogen and oxygen atoms in total. The summed E-state index contributed by atoms with van der Waals surface area (Å²) in [5, 5.41) is 0. The lowest BCUT2D eigenvalue weighted by atomic mass is 9.83. The van der Waals surface area contributed by atoms with Crippen molar-refractivity contribution >= 4 is 44.5 Å². The lowest BCUT2D eigenvalue weighted by molar-refractivity contribution is 0.262. The number of halogens is 2. The maximum atomic E-state index is 5.91. The van der Waals surface area contributed by atoms with Crippen LogP contribution in [0.25, 0.3) is 0 Å². The molecule has 2 aliphatic rings. The number of amidine groups is 1. The van der Waals surface area contributed by atoms with Crippen LogP contribution >= 0.6 is 38.5 Å². The number of nitrogens with two attached hydrogens (primary N) is 1. The molecule has 2 aliphatic heterocycles. The number of fused-ring (bicyclic) bond motifs is 4. The number of hydrogen-bond donors (Lipinski definition) is 1. The first-order valence-corrected chi connectivity index (χ1v) is 8.08. The second-order valence-corrected chi connectivity index (χ2v) is 7.01. The van der Waals surface area contributed by atoms with Crippen LogP contribution < -0.4 is 10.5 Å². The number of nitrogens with zero attached hydrogens (tertiary/aromatic N) is 2. The smallest absolute Gasteiger partial charge is 0.283 e. The van der Waals surface area contributed by atoms with Gasteiger partial charge in [-0.15, -0.1) is 0 Å². The zero-order valence-corrected chi connectivity index (χ0v) is 14.4. The maximum Gasteiger partial charge on any atom is 0.283 e. The van der Waals surface area contributed by atoms with E-state index >= 15 is 0 Å². The molecule has 1 atom stereocenters. The van der Waals surface area contributed by atoms with Gasteiger partial charge in [-0.1, -0.05) is 0 Å². The molecule has 0 saturated carbocycles. The molecule has 1 aromatic carbocycles. The molecule has 0 aliphatic carbocycles. The van der Waals surface area contributed by atoms with Crippen LogP contribution in [0.3, 0.4) is 0 Å². The summed E-state index contributed by atoms with van der Waals surface area (Å²) in [6, 6.07) is 8.10. The van der Waals surface area contributed by atoms with Gasteiger partial charge in [-0.3, -0.25) is 0 Å². The van der Waals surface area contributed by atoms with Crippen LogP contribution in [0.15, 0.2) is 39.9 Å². The van der Waals surface area contributed by atoms with Crippen molar-refractivity contribution in [2.75, 3.05) is 6.61 Å².